The van der Waals surface area contributed by atoms with E-state index in [0.717, 1.165) is 0 Å². The van der Waals surface area contributed by atoms with Crippen molar-refractivity contribution in [2.24, 2.45) is 0 Å². The fourth-order valence-corrected chi connectivity index (χ4v) is 3.04. The van der Waals surface area contributed by atoms with Crippen LogP contribution in [0.4, 0.5) is 0 Å². The van der Waals surface area contributed by atoms with E-state index in [4.69, 9.17) is 92.8 Å². The number of piperazine rings is 6. The zero-order valence-corrected chi connectivity index (χ0v) is 20.3. The summed E-state index contributed by atoms with van der Waals surface area (Å²) < 4.78 is -3.22. The Balaban J connectivity index is 0.000000180. The van der Waals surface area contributed by atoms with Gasteiger partial charge in [0.2, 0.25) is 0 Å². The highest BCUT2D eigenvalue weighted by atomic mass is 35.6. The van der Waals surface area contributed by atoms with Gasteiger partial charge in [-0.25, -0.2) is 0 Å². The molecule has 4 nitrogen and oxygen atoms in total. The Morgan fingerprint density at radius 2 is 0.385 bits per heavy atom. The normalized spacial score (nSPS) is 32.3. The van der Waals surface area contributed by atoms with Gasteiger partial charge in [-0.2, -0.15) is 0 Å². The van der Waals surface area contributed by atoms with Gasteiger partial charge in [-0.05, 0) is 0 Å². The van der Waals surface area contributed by atoms with Gasteiger partial charge in [0.15, 0.2) is 0 Å². The van der Waals surface area contributed by atoms with Crippen LogP contribution in [0.15, 0.2) is 0 Å². The lowest BCUT2D eigenvalue weighted by molar-refractivity contribution is 0.0647. The summed E-state index contributed by atoms with van der Waals surface area (Å²) in [6.45, 7) is 15.8. The van der Waals surface area contributed by atoms with E-state index in [9.17, 15) is 0 Å². The number of alkyl halides is 8. The van der Waals surface area contributed by atoms with Crippen molar-refractivity contribution in [2.75, 3.05) is 78.5 Å². The molecule has 0 aliphatic carbocycles. The third-order valence-electron chi connectivity index (χ3n) is 4.39. The average molecular weight is 532 g/mol. The van der Waals surface area contributed by atoms with E-state index >= 15 is 0 Å². The zero-order valence-electron chi connectivity index (χ0n) is 14.3. The van der Waals surface area contributed by atoms with Gasteiger partial charge < -0.3 is 0 Å². The largest absolute Gasteiger partial charge is 0.300 e. The molecule has 0 spiro atoms. The van der Waals surface area contributed by atoms with Crippen LogP contribution < -0.4 is 0 Å². The van der Waals surface area contributed by atoms with Crippen LogP contribution in [0.2, 0.25) is 0 Å². The summed E-state index contributed by atoms with van der Waals surface area (Å²) in [5.74, 6) is 0. The maximum atomic E-state index is 4.83. The van der Waals surface area contributed by atoms with Crippen LogP contribution in [0.3, 0.4) is 0 Å². The Kier molecular flexibility index (Phi) is 12.9. The summed E-state index contributed by atoms with van der Waals surface area (Å²) >= 11 is 38.6. The Hall–Kier alpha value is 2.16. The molecule has 156 valence electrons. The monoisotopic (exact) mass is 528 g/mol. The Morgan fingerprint density at radius 3 is 0.423 bits per heavy atom. The van der Waals surface area contributed by atoms with Crippen LogP contribution in [0, 0.1) is 0 Å². The van der Waals surface area contributed by atoms with Gasteiger partial charge in [0, 0.05) is 78.5 Å². The Labute approximate surface area is 196 Å². The summed E-state index contributed by atoms with van der Waals surface area (Å²) in [5.41, 5.74) is 0. The molecule has 6 fully saturated rings. The predicted octanol–water partition coefficient (Wildman–Crippen LogP) is 4.34. The molecule has 6 heterocycles. The standard InChI is InChI=1S/2C6H12N2.2CCl4/c2*1-2-8-5-3-7(1)4-6-8;2*2-1(3,4)5/h2*1-6H2;;. The topological polar surface area (TPSA) is 13.0 Å². The molecular weight excluding hydrogens is 508 g/mol. The first-order valence-electron chi connectivity index (χ1n) is 8.31. The van der Waals surface area contributed by atoms with E-state index in [2.05, 4.69) is 19.6 Å². The molecule has 12 heteroatoms. The number of halogens is 8. The molecule has 0 amide bonds. The highest BCUT2D eigenvalue weighted by Crippen LogP contribution is 2.30. The van der Waals surface area contributed by atoms with Crippen molar-refractivity contribution in [1.82, 2.24) is 19.6 Å². The number of hydrogen-bond donors (Lipinski definition) is 0. The van der Waals surface area contributed by atoms with Crippen LogP contribution in [0.1, 0.15) is 0 Å². The van der Waals surface area contributed by atoms with Gasteiger partial charge in [0.1, 0.15) is 0 Å². The lowest BCUT2D eigenvalue weighted by atomic mass is 10.2. The molecule has 4 bridgehead atoms. The second-order valence-electron chi connectivity index (χ2n) is 6.22. The molecular formula is C14H24Cl8N4. The van der Waals surface area contributed by atoms with Crippen LogP contribution in [0.5, 0.6) is 0 Å². The van der Waals surface area contributed by atoms with Crippen molar-refractivity contribution < 1.29 is 0 Å². The fraction of sp³-hybridized carbons (Fsp3) is 1.00. The van der Waals surface area contributed by atoms with Crippen molar-refractivity contribution in [3.05, 3.63) is 0 Å². The highest BCUT2D eigenvalue weighted by molar-refractivity contribution is 6.84. The maximum Gasteiger partial charge on any atom is 0.266 e. The maximum absolute atomic E-state index is 4.83. The molecule has 0 aromatic heterocycles. The minimum atomic E-state index is -1.61. The van der Waals surface area contributed by atoms with Gasteiger partial charge >= 0.3 is 0 Å². The third-order valence-corrected chi connectivity index (χ3v) is 4.39. The molecule has 26 heavy (non-hydrogen) atoms. The van der Waals surface area contributed by atoms with Gasteiger partial charge in [-0.15, -0.1) is 0 Å². The Bertz CT molecular complexity index is 280. The molecule has 0 saturated carbocycles. The van der Waals surface area contributed by atoms with E-state index in [0.29, 0.717) is 0 Å². The summed E-state index contributed by atoms with van der Waals surface area (Å²) in [6.07, 6.45) is 0. The lowest BCUT2D eigenvalue weighted by Gasteiger charge is -2.41. The smallest absolute Gasteiger partial charge is 0.266 e. The molecule has 0 radical (unpaired) electrons. The minimum Gasteiger partial charge on any atom is -0.300 e. The first-order chi connectivity index (χ1) is 11.9. The van der Waals surface area contributed by atoms with Crippen molar-refractivity contribution in [3.63, 3.8) is 0 Å². The van der Waals surface area contributed by atoms with Crippen LogP contribution in [-0.4, -0.2) is 105 Å². The summed E-state index contributed by atoms with van der Waals surface area (Å²) in [7, 11) is 0. The molecule has 6 rings (SSSR count). The second kappa shape index (κ2) is 12.8. The van der Waals surface area contributed by atoms with Gasteiger partial charge in [0.25, 0.3) is 6.50 Å². The fourth-order valence-electron chi connectivity index (χ4n) is 3.04. The summed E-state index contributed by atoms with van der Waals surface area (Å²) in [5, 5.41) is 0. The number of nitrogens with zero attached hydrogens (tertiary/aromatic N) is 4. The molecule has 6 aliphatic heterocycles. The van der Waals surface area contributed by atoms with Crippen molar-refractivity contribution in [1.29, 1.82) is 0 Å². The molecule has 0 aromatic rings. The molecule has 0 unspecified atom stereocenters. The highest BCUT2D eigenvalue weighted by Gasteiger charge is 2.22. The zero-order chi connectivity index (χ0) is 19.8. The first kappa shape index (κ1) is 26.2. The van der Waals surface area contributed by atoms with Gasteiger partial charge in [-0.3, -0.25) is 19.6 Å². The number of fused-ring (bicyclic) bond motifs is 6. The predicted molar refractivity (Wildman–Crippen MR) is 118 cm³/mol. The average Bonchev–Trinajstić information content (AvgIpc) is 2.56. The molecule has 6 aliphatic rings. The van der Waals surface area contributed by atoms with Crippen molar-refractivity contribution in [2.45, 2.75) is 6.50 Å². The van der Waals surface area contributed by atoms with E-state index in [1.807, 2.05) is 0 Å². The van der Waals surface area contributed by atoms with E-state index in [1.165, 1.54) is 78.5 Å². The van der Waals surface area contributed by atoms with Gasteiger partial charge in [0.05, 0.1) is 0 Å². The first-order valence-corrected chi connectivity index (χ1v) is 11.3. The number of rotatable bonds is 0. The molecule has 6 saturated heterocycles. The third kappa shape index (κ3) is 16.0. The lowest BCUT2D eigenvalue weighted by Crippen LogP contribution is -2.55. The quantitative estimate of drug-likeness (QED) is 0.431. The Morgan fingerprint density at radius 1 is 0.308 bits per heavy atom. The summed E-state index contributed by atoms with van der Waals surface area (Å²) in [6, 6.07) is 0. The van der Waals surface area contributed by atoms with Crippen LogP contribution >= 0.6 is 92.8 Å². The minimum absolute atomic E-state index is 1.32. The SMILES string of the molecule is C1CN2CCN1CC2.C1CN2CCN1CC2.ClC(Cl)(Cl)Cl.ClC(Cl)(Cl)Cl. The molecule has 0 N–H and O–H groups in total. The van der Waals surface area contributed by atoms with Crippen molar-refractivity contribution >= 4 is 92.8 Å². The summed E-state index contributed by atoms with van der Waals surface area (Å²) in [4.78, 5) is 10.2. The van der Waals surface area contributed by atoms with E-state index < -0.39 is 6.50 Å². The number of hydrogen-bond acceptors (Lipinski definition) is 4. The van der Waals surface area contributed by atoms with Crippen molar-refractivity contribution in [3.8, 4) is 0 Å². The molecule has 0 atom stereocenters. The van der Waals surface area contributed by atoms with Crippen LogP contribution in [0.25, 0.3) is 0 Å². The van der Waals surface area contributed by atoms with Crippen LogP contribution in [-0.2, 0) is 0 Å². The van der Waals surface area contributed by atoms with E-state index in [-0.39, 0.29) is 0 Å². The molecule has 0 aromatic carbocycles. The van der Waals surface area contributed by atoms with E-state index in [1.54, 1.807) is 0 Å². The second-order valence-corrected chi connectivity index (χ2v) is 13.1. The van der Waals surface area contributed by atoms with Gasteiger partial charge in [-0.1, -0.05) is 92.8 Å².